The minimum Gasteiger partial charge on any atom is -0.368 e. The maximum atomic E-state index is 4.46. The number of nitrogens with one attached hydrogen (secondary N) is 1. The van der Waals surface area contributed by atoms with Gasteiger partial charge in [-0.25, -0.2) is 0 Å². The minimum absolute atomic E-state index is 0.879. The van der Waals surface area contributed by atoms with Gasteiger partial charge < -0.3 is 5.32 Å². The Hall–Kier alpha value is -2.09. The molecule has 2 heteroatoms. The highest BCUT2D eigenvalue weighted by Crippen LogP contribution is 2.21. The Labute approximate surface area is 107 Å². The summed E-state index contributed by atoms with van der Waals surface area (Å²) in [6, 6.07) is 17.2. The third-order valence-corrected chi connectivity index (χ3v) is 3.20. The summed E-state index contributed by atoms with van der Waals surface area (Å²) in [5.41, 5.74) is 4.95. The second kappa shape index (κ2) is 4.65. The molecule has 18 heavy (non-hydrogen) atoms. The molecule has 0 unspecified atom stereocenters. The van der Waals surface area contributed by atoms with Gasteiger partial charge >= 0.3 is 0 Å². The van der Waals surface area contributed by atoms with Gasteiger partial charge in [0.1, 0.15) is 5.84 Å². The van der Waals surface area contributed by atoms with Crippen LogP contribution in [0.5, 0.6) is 0 Å². The van der Waals surface area contributed by atoms with Crippen LogP contribution in [0.2, 0.25) is 0 Å². The number of hydrogen-bond donors (Lipinski definition) is 1. The van der Waals surface area contributed by atoms with Crippen LogP contribution >= 0.6 is 0 Å². The summed E-state index contributed by atoms with van der Waals surface area (Å²) >= 11 is 0. The molecular formula is C16H16N2. The fourth-order valence-corrected chi connectivity index (χ4v) is 2.18. The van der Waals surface area contributed by atoms with E-state index in [2.05, 4.69) is 65.8 Å². The van der Waals surface area contributed by atoms with Crippen LogP contribution in [0.25, 0.3) is 11.1 Å². The Morgan fingerprint density at radius 1 is 0.944 bits per heavy atom. The lowest BCUT2D eigenvalue weighted by molar-refractivity contribution is 0.960. The van der Waals surface area contributed by atoms with Crippen molar-refractivity contribution >= 4 is 5.84 Å². The van der Waals surface area contributed by atoms with E-state index in [4.69, 9.17) is 0 Å². The summed E-state index contributed by atoms with van der Waals surface area (Å²) in [4.78, 5) is 4.46. The molecule has 0 radical (unpaired) electrons. The molecule has 0 saturated carbocycles. The predicted octanol–water partition coefficient (Wildman–Crippen LogP) is 3.01. The van der Waals surface area contributed by atoms with Gasteiger partial charge in [-0.2, -0.15) is 0 Å². The fourth-order valence-electron chi connectivity index (χ4n) is 2.18. The summed E-state index contributed by atoms with van der Waals surface area (Å²) in [6.07, 6.45) is 0. The average molecular weight is 236 g/mol. The van der Waals surface area contributed by atoms with Crippen LogP contribution in [-0.4, -0.2) is 18.9 Å². The van der Waals surface area contributed by atoms with E-state index < -0.39 is 0 Å². The maximum absolute atomic E-state index is 4.46. The monoisotopic (exact) mass is 236 g/mol. The number of rotatable bonds is 2. The van der Waals surface area contributed by atoms with Crippen molar-refractivity contribution in [2.75, 3.05) is 13.1 Å². The van der Waals surface area contributed by atoms with Crippen molar-refractivity contribution in [3.05, 3.63) is 59.7 Å². The number of nitrogens with zero attached hydrogens (tertiary/aromatic N) is 1. The lowest BCUT2D eigenvalue weighted by atomic mass is 10.0. The molecule has 2 aromatic rings. The first kappa shape index (κ1) is 11.0. The third kappa shape index (κ3) is 2.14. The molecule has 1 aliphatic rings. The number of hydrogen-bond acceptors (Lipinski definition) is 2. The van der Waals surface area contributed by atoms with Crippen molar-refractivity contribution in [2.45, 2.75) is 6.92 Å². The Balaban J connectivity index is 1.98. The molecule has 2 aromatic carbocycles. The molecule has 0 spiro atoms. The summed E-state index contributed by atoms with van der Waals surface area (Å²) in [6.45, 7) is 3.94. The Morgan fingerprint density at radius 2 is 1.72 bits per heavy atom. The Morgan fingerprint density at radius 3 is 2.44 bits per heavy atom. The summed E-state index contributed by atoms with van der Waals surface area (Å²) in [7, 11) is 0. The van der Waals surface area contributed by atoms with Gasteiger partial charge in [0, 0.05) is 12.1 Å². The lowest BCUT2D eigenvalue weighted by Crippen LogP contribution is -2.19. The zero-order chi connectivity index (χ0) is 12.4. The predicted molar refractivity (Wildman–Crippen MR) is 76.0 cm³/mol. The van der Waals surface area contributed by atoms with Crippen molar-refractivity contribution in [1.82, 2.24) is 5.32 Å². The van der Waals surface area contributed by atoms with Crippen LogP contribution in [0.3, 0.4) is 0 Å². The number of aryl methyl sites for hydroxylation is 1. The van der Waals surface area contributed by atoms with Gasteiger partial charge in [0.2, 0.25) is 0 Å². The fraction of sp³-hybridized carbons (Fsp3) is 0.188. The molecule has 90 valence electrons. The van der Waals surface area contributed by atoms with E-state index in [1.54, 1.807) is 0 Å². The van der Waals surface area contributed by atoms with Crippen molar-refractivity contribution in [2.24, 2.45) is 4.99 Å². The highest BCUT2D eigenvalue weighted by atomic mass is 15.1. The first-order chi connectivity index (χ1) is 8.83. The first-order valence-corrected chi connectivity index (χ1v) is 6.29. The highest BCUT2D eigenvalue weighted by Gasteiger charge is 2.08. The van der Waals surface area contributed by atoms with E-state index in [0.29, 0.717) is 0 Å². The van der Waals surface area contributed by atoms with Crippen LogP contribution in [0.4, 0.5) is 0 Å². The third-order valence-electron chi connectivity index (χ3n) is 3.20. The zero-order valence-corrected chi connectivity index (χ0v) is 10.5. The molecule has 0 fully saturated rings. The topological polar surface area (TPSA) is 24.4 Å². The van der Waals surface area contributed by atoms with Gasteiger partial charge in [-0.1, -0.05) is 48.0 Å². The second-order valence-corrected chi connectivity index (χ2v) is 4.60. The Bertz CT molecular complexity index is 582. The zero-order valence-electron chi connectivity index (χ0n) is 10.5. The van der Waals surface area contributed by atoms with Gasteiger partial charge in [-0.15, -0.1) is 0 Å². The van der Waals surface area contributed by atoms with E-state index in [1.807, 2.05) is 0 Å². The van der Waals surface area contributed by atoms with Crippen LogP contribution in [0.1, 0.15) is 11.1 Å². The van der Waals surface area contributed by atoms with Crippen LogP contribution < -0.4 is 5.32 Å². The SMILES string of the molecule is Cc1ccc(-c2cccc(C3=NCCN3)c2)cc1. The first-order valence-electron chi connectivity index (χ1n) is 6.29. The largest absolute Gasteiger partial charge is 0.368 e. The van der Waals surface area contributed by atoms with Crippen LogP contribution in [-0.2, 0) is 0 Å². The van der Waals surface area contributed by atoms with E-state index in [1.165, 1.54) is 22.3 Å². The molecule has 0 bridgehead atoms. The number of amidine groups is 1. The van der Waals surface area contributed by atoms with Gasteiger partial charge in [-0.3, -0.25) is 4.99 Å². The highest BCUT2D eigenvalue weighted by molar-refractivity contribution is 6.00. The van der Waals surface area contributed by atoms with Crippen LogP contribution in [0, 0.1) is 6.92 Å². The summed E-state index contributed by atoms with van der Waals surface area (Å²) in [5.74, 6) is 1.02. The van der Waals surface area contributed by atoms with E-state index in [9.17, 15) is 0 Å². The molecule has 0 amide bonds. The quantitative estimate of drug-likeness (QED) is 0.851. The molecule has 3 rings (SSSR count). The van der Waals surface area contributed by atoms with Crippen molar-refractivity contribution in [1.29, 1.82) is 0 Å². The molecular weight excluding hydrogens is 220 g/mol. The molecule has 0 aliphatic carbocycles. The van der Waals surface area contributed by atoms with Gasteiger partial charge in [0.05, 0.1) is 6.54 Å². The molecule has 0 saturated heterocycles. The normalized spacial score (nSPS) is 14.2. The van der Waals surface area contributed by atoms with Crippen molar-refractivity contribution in [3.8, 4) is 11.1 Å². The average Bonchev–Trinajstić information content (AvgIpc) is 2.94. The molecule has 1 heterocycles. The maximum Gasteiger partial charge on any atom is 0.128 e. The standard InChI is InChI=1S/C16H16N2/c1-12-5-7-13(8-6-12)14-3-2-4-15(11-14)16-17-9-10-18-16/h2-8,11H,9-10H2,1H3,(H,17,18). The van der Waals surface area contributed by atoms with E-state index in [-0.39, 0.29) is 0 Å². The van der Waals surface area contributed by atoms with Crippen molar-refractivity contribution in [3.63, 3.8) is 0 Å². The number of aliphatic imine (C=N–C) groups is 1. The molecule has 1 N–H and O–H groups in total. The summed E-state index contributed by atoms with van der Waals surface area (Å²) < 4.78 is 0. The van der Waals surface area contributed by atoms with Gasteiger partial charge in [0.15, 0.2) is 0 Å². The minimum atomic E-state index is 0.879. The van der Waals surface area contributed by atoms with Crippen LogP contribution in [0.15, 0.2) is 53.5 Å². The van der Waals surface area contributed by atoms with Gasteiger partial charge in [0.25, 0.3) is 0 Å². The van der Waals surface area contributed by atoms with Gasteiger partial charge in [-0.05, 0) is 24.1 Å². The summed E-state index contributed by atoms with van der Waals surface area (Å²) in [5, 5.41) is 3.31. The molecule has 1 aliphatic heterocycles. The lowest BCUT2D eigenvalue weighted by Gasteiger charge is -2.06. The number of benzene rings is 2. The molecule has 2 nitrogen and oxygen atoms in total. The van der Waals surface area contributed by atoms with E-state index >= 15 is 0 Å². The van der Waals surface area contributed by atoms with E-state index in [0.717, 1.165) is 18.9 Å². The Kier molecular flexibility index (Phi) is 2.85. The van der Waals surface area contributed by atoms with Crippen molar-refractivity contribution < 1.29 is 0 Å². The smallest absolute Gasteiger partial charge is 0.128 e. The second-order valence-electron chi connectivity index (χ2n) is 4.60. The molecule has 0 atom stereocenters. The molecule has 0 aromatic heterocycles.